The van der Waals surface area contributed by atoms with E-state index in [2.05, 4.69) is 5.10 Å². The van der Waals surface area contributed by atoms with Crippen molar-refractivity contribution in [1.82, 2.24) is 9.78 Å². The second-order valence-electron chi connectivity index (χ2n) is 4.51. The minimum Gasteiger partial charge on any atom is -0.211 e. The number of nitrogens with zero attached hydrogens (tertiary/aromatic N) is 2. The minimum atomic E-state index is -0.341. The standard InChI is InChI=1S/C15H9ClF2N2S3/c16-12-2-1-3-13(18)11(12)8-22-14-19-20(15(21)23-14)10-6-4-9(17)5-7-10/h1-7H,8H2. The number of aromatic nitrogens is 2. The van der Waals surface area contributed by atoms with Gasteiger partial charge in [-0.15, -0.1) is 5.10 Å². The fraction of sp³-hybridized carbons (Fsp3) is 0.0667. The summed E-state index contributed by atoms with van der Waals surface area (Å²) in [6.07, 6.45) is 0. The third kappa shape index (κ3) is 3.80. The van der Waals surface area contributed by atoms with Crippen LogP contribution >= 0.6 is 46.9 Å². The molecule has 1 heterocycles. The summed E-state index contributed by atoms with van der Waals surface area (Å²) in [5.74, 6) is -0.303. The van der Waals surface area contributed by atoms with Gasteiger partial charge in [0.05, 0.1) is 5.69 Å². The average molecular weight is 387 g/mol. The van der Waals surface area contributed by atoms with E-state index >= 15 is 0 Å². The van der Waals surface area contributed by atoms with E-state index in [0.29, 0.717) is 30.3 Å². The zero-order valence-corrected chi connectivity index (χ0v) is 14.7. The van der Waals surface area contributed by atoms with Gasteiger partial charge in [-0.25, -0.2) is 13.5 Å². The summed E-state index contributed by atoms with van der Waals surface area (Å²) in [7, 11) is 0. The molecule has 0 radical (unpaired) electrons. The Morgan fingerprint density at radius 1 is 1.17 bits per heavy atom. The van der Waals surface area contributed by atoms with Crippen molar-refractivity contribution >= 4 is 46.9 Å². The predicted octanol–water partition coefficient (Wildman–Crippen LogP) is 5.89. The molecule has 0 bridgehead atoms. The zero-order valence-electron chi connectivity index (χ0n) is 11.5. The summed E-state index contributed by atoms with van der Waals surface area (Å²) in [5, 5.41) is 4.78. The molecule has 23 heavy (non-hydrogen) atoms. The van der Waals surface area contributed by atoms with Crippen LogP contribution in [0.2, 0.25) is 5.02 Å². The Balaban J connectivity index is 1.81. The van der Waals surface area contributed by atoms with E-state index in [1.54, 1.807) is 28.9 Å². The quantitative estimate of drug-likeness (QED) is 0.411. The Hall–Kier alpha value is -1.28. The molecule has 0 aliphatic rings. The van der Waals surface area contributed by atoms with Crippen LogP contribution in [0, 0.1) is 15.6 Å². The highest BCUT2D eigenvalue weighted by atomic mass is 35.5. The number of benzene rings is 2. The van der Waals surface area contributed by atoms with Crippen LogP contribution in [0.4, 0.5) is 8.78 Å². The van der Waals surface area contributed by atoms with Crippen LogP contribution in [0.5, 0.6) is 0 Å². The maximum atomic E-state index is 13.8. The van der Waals surface area contributed by atoms with Gasteiger partial charge < -0.3 is 0 Å². The normalized spacial score (nSPS) is 10.9. The van der Waals surface area contributed by atoms with Gasteiger partial charge in [0, 0.05) is 16.3 Å². The number of hydrogen-bond donors (Lipinski definition) is 0. The first-order chi connectivity index (χ1) is 11.0. The third-order valence-electron chi connectivity index (χ3n) is 3.00. The highest BCUT2D eigenvalue weighted by Gasteiger charge is 2.11. The Bertz CT molecular complexity index is 870. The molecular weight excluding hydrogens is 378 g/mol. The molecule has 0 saturated heterocycles. The summed E-state index contributed by atoms with van der Waals surface area (Å²) in [6, 6.07) is 10.5. The summed E-state index contributed by atoms with van der Waals surface area (Å²) in [6.45, 7) is 0. The fourth-order valence-corrected chi connectivity index (χ4v) is 4.57. The SMILES string of the molecule is Fc1ccc(-n2nc(SCc3c(F)cccc3Cl)sc2=S)cc1. The molecule has 0 aliphatic carbocycles. The molecular formula is C15H9ClF2N2S3. The van der Waals surface area contributed by atoms with Crippen molar-refractivity contribution in [2.75, 3.05) is 0 Å². The summed E-state index contributed by atoms with van der Waals surface area (Å²) in [4.78, 5) is 0. The van der Waals surface area contributed by atoms with Crippen molar-refractivity contribution in [3.8, 4) is 5.69 Å². The highest BCUT2D eigenvalue weighted by Crippen LogP contribution is 2.30. The van der Waals surface area contributed by atoms with Crippen LogP contribution in [-0.4, -0.2) is 9.78 Å². The lowest BCUT2D eigenvalue weighted by atomic mass is 10.2. The van der Waals surface area contributed by atoms with E-state index in [-0.39, 0.29) is 11.6 Å². The first kappa shape index (κ1) is 16.6. The Labute approximate surface area is 149 Å². The fourth-order valence-electron chi connectivity index (χ4n) is 1.87. The van der Waals surface area contributed by atoms with Gasteiger partial charge in [-0.2, -0.15) is 0 Å². The molecule has 2 nitrogen and oxygen atoms in total. The molecule has 0 N–H and O–H groups in total. The lowest BCUT2D eigenvalue weighted by Crippen LogP contribution is -1.96. The largest absolute Gasteiger partial charge is 0.211 e. The highest BCUT2D eigenvalue weighted by molar-refractivity contribution is 8.00. The second-order valence-corrected chi connectivity index (χ2v) is 7.76. The van der Waals surface area contributed by atoms with Crippen LogP contribution in [0.3, 0.4) is 0 Å². The molecule has 0 fully saturated rings. The van der Waals surface area contributed by atoms with E-state index in [9.17, 15) is 8.78 Å². The van der Waals surface area contributed by atoms with Crippen molar-refractivity contribution in [2.24, 2.45) is 0 Å². The van der Waals surface area contributed by atoms with Crippen LogP contribution in [0.15, 0.2) is 46.8 Å². The van der Waals surface area contributed by atoms with E-state index in [4.69, 9.17) is 23.8 Å². The molecule has 0 saturated carbocycles. The van der Waals surface area contributed by atoms with E-state index in [1.165, 1.54) is 41.3 Å². The third-order valence-corrected chi connectivity index (χ3v) is 5.75. The van der Waals surface area contributed by atoms with Gasteiger partial charge in [-0.3, -0.25) is 0 Å². The molecule has 0 unspecified atom stereocenters. The van der Waals surface area contributed by atoms with Gasteiger partial charge in [0.15, 0.2) is 8.29 Å². The number of thioether (sulfide) groups is 1. The van der Waals surface area contributed by atoms with E-state index in [1.807, 2.05) is 0 Å². The molecule has 0 aliphatic heterocycles. The van der Waals surface area contributed by atoms with Crippen molar-refractivity contribution in [3.05, 3.63) is 68.6 Å². The predicted molar refractivity (Wildman–Crippen MR) is 93.2 cm³/mol. The van der Waals surface area contributed by atoms with Crippen LogP contribution in [0.25, 0.3) is 5.69 Å². The van der Waals surface area contributed by atoms with Crippen LogP contribution in [0.1, 0.15) is 5.56 Å². The Kier molecular flexibility index (Phi) is 5.11. The van der Waals surface area contributed by atoms with E-state index < -0.39 is 0 Å². The average Bonchev–Trinajstić information content (AvgIpc) is 2.88. The van der Waals surface area contributed by atoms with Gasteiger partial charge in [0.2, 0.25) is 0 Å². The molecule has 0 atom stereocenters. The molecule has 2 aromatic carbocycles. The van der Waals surface area contributed by atoms with Crippen molar-refractivity contribution in [1.29, 1.82) is 0 Å². The van der Waals surface area contributed by atoms with Gasteiger partial charge in [0.1, 0.15) is 11.6 Å². The molecule has 0 amide bonds. The molecule has 0 spiro atoms. The summed E-state index contributed by atoms with van der Waals surface area (Å²) in [5.41, 5.74) is 1.12. The van der Waals surface area contributed by atoms with Crippen LogP contribution < -0.4 is 0 Å². The molecule has 3 aromatic rings. The van der Waals surface area contributed by atoms with Gasteiger partial charge in [0.25, 0.3) is 0 Å². The van der Waals surface area contributed by atoms with Crippen LogP contribution in [-0.2, 0) is 5.75 Å². The minimum absolute atomic E-state index is 0.320. The van der Waals surface area contributed by atoms with Crippen molar-refractivity contribution < 1.29 is 8.78 Å². The lowest BCUT2D eigenvalue weighted by molar-refractivity contribution is 0.617. The first-order valence-electron chi connectivity index (χ1n) is 6.46. The van der Waals surface area contributed by atoms with E-state index in [0.717, 1.165) is 0 Å². The number of halogens is 3. The topological polar surface area (TPSA) is 17.8 Å². The molecule has 8 heteroatoms. The zero-order chi connectivity index (χ0) is 16.4. The van der Waals surface area contributed by atoms with Crippen molar-refractivity contribution in [2.45, 2.75) is 10.1 Å². The monoisotopic (exact) mass is 386 g/mol. The van der Waals surface area contributed by atoms with Gasteiger partial charge >= 0.3 is 0 Å². The van der Waals surface area contributed by atoms with Gasteiger partial charge in [-0.05, 0) is 48.6 Å². The molecule has 1 aromatic heterocycles. The van der Waals surface area contributed by atoms with Crippen molar-refractivity contribution in [3.63, 3.8) is 0 Å². The molecule has 118 valence electrons. The second kappa shape index (κ2) is 7.09. The lowest BCUT2D eigenvalue weighted by Gasteiger charge is -2.03. The summed E-state index contributed by atoms with van der Waals surface area (Å²) < 4.78 is 29.5. The van der Waals surface area contributed by atoms with Gasteiger partial charge in [-0.1, -0.05) is 40.8 Å². The number of rotatable bonds is 4. The Morgan fingerprint density at radius 3 is 2.61 bits per heavy atom. The maximum Gasteiger partial charge on any atom is 0.184 e. The maximum absolute atomic E-state index is 13.8. The smallest absolute Gasteiger partial charge is 0.184 e. The first-order valence-corrected chi connectivity index (χ1v) is 9.05. The number of hydrogen-bond acceptors (Lipinski definition) is 4. The molecule has 3 rings (SSSR count). The summed E-state index contributed by atoms with van der Waals surface area (Å²) >= 11 is 14.0. The Morgan fingerprint density at radius 2 is 1.91 bits per heavy atom.